The Balaban J connectivity index is 4.81. The van der Waals surface area contributed by atoms with Crippen LogP contribution in [0.4, 0.5) is 4.39 Å². The lowest BCUT2D eigenvalue weighted by atomic mass is 10.4. The van der Waals surface area contributed by atoms with Gasteiger partial charge in [-0.3, -0.25) is 4.99 Å². The maximum absolute atomic E-state index is 12.7. The zero-order valence-corrected chi connectivity index (χ0v) is 7.52. The Morgan fingerprint density at radius 1 is 1.82 bits per heavy atom. The van der Waals surface area contributed by atoms with Gasteiger partial charge >= 0.3 is 0 Å². The maximum Gasteiger partial charge on any atom is 0.175 e. The van der Waals surface area contributed by atoms with E-state index in [0.717, 1.165) is 6.08 Å². The molecule has 0 aromatic carbocycles. The third-order valence-electron chi connectivity index (χ3n) is 0.816. The number of nitrogens with zero attached hydrogens (tertiary/aromatic N) is 2. The lowest BCUT2D eigenvalue weighted by Crippen LogP contribution is -1.76. The fourth-order valence-electron chi connectivity index (χ4n) is 0.407. The SMILES string of the molecule is C=N/C(C#N)=C(F)\C=C(/C)Br. The van der Waals surface area contributed by atoms with Gasteiger partial charge in [0.2, 0.25) is 0 Å². The van der Waals surface area contributed by atoms with Crippen molar-refractivity contribution < 1.29 is 4.39 Å². The first-order valence-electron chi connectivity index (χ1n) is 2.72. The van der Waals surface area contributed by atoms with Crippen LogP contribution in [0.5, 0.6) is 0 Å². The normalized spacial score (nSPS) is 13.5. The van der Waals surface area contributed by atoms with Crippen LogP contribution in [0.3, 0.4) is 0 Å². The fraction of sp³-hybridized carbons (Fsp3) is 0.143. The molecule has 0 rings (SSSR count). The molecule has 0 aromatic rings. The summed E-state index contributed by atoms with van der Waals surface area (Å²) in [4.78, 5) is 3.19. The van der Waals surface area contributed by atoms with Crippen molar-refractivity contribution in [2.75, 3.05) is 0 Å². The monoisotopic (exact) mass is 216 g/mol. The number of halogens is 2. The summed E-state index contributed by atoms with van der Waals surface area (Å²) < 4.78 is 13.3. The van der Waals surface area contributed by atoms with Crippen LogP contribution in [0.1, 0.15) is 6.92 Å². The van der Waals surface area contributed by atoms with Gasteiger partial charge in [0.25, 0.3) is 0 Å². The molecule has 0 amide bonds. The third-order valence-corrected chi connectivity index (χ3v) is 1.04. The first-order valence-corrected chi connectivity index (χ1v) is 3.51. The van der Waals surface area contributed by atoms with Crippen molar-refractivity contribution >= 4 is 22.6 Å². The second-order valence-corrected chi connectivity index (χ2v) is 2.95. The Morgan fingerprint density at radius 2 is 2.36 bits per heavy atom. The zero-order valence-electron chi connectivity index (χ0n) is 5.93. The molecule has 0 aliphatic rings. The molecule has 0 atom stereocenters. The van der Waals surface area contributed by atoms with Gasteiger partial charge in [-0.2, -0.15) is 5.26 Å². The van der Waals surface area contributed by atoms with E-state index in [9.17, 15) is 4.39 Å². The predicted octanol–water partition coefficient (Wildman–Crippen LogP) is 2.69. The van der Waals surface area contributed by atoms with Gasteiger partial charge in [0.05, 0.1) is 0 Å². The lowest BCUT2D eigenvalue weighted by molar-refractivity contribution is 0.657. The maximum atomic E-state index is 12.7. The number of nitriles is 1. The highest BCUT2D eigenvalue weighted by Crippen LogP contribution is 2.13. The molecule has 0 aliphatic heterocycles. The number of aliphatic imine (C=N–C) groups is 1. The van der Waals surface area contributed by atoms with Crippen LogP contribution in [-0.4, -0.2) is 6.72 Å². The predicted molar refractivity (Wildman–Crippen MR) is 46.0 cm³/mol. The standard InChI is InChI=1S/C7H6BrFN2/c1-5(8)3-6(9)7(4-10)11-2/h3H,2H2,1H3/b5-3+,7-6+. The topological polar surface area (TPSA) is 36.1 Å². The van der Waals surface area contributed by atoms with Gasteiger partial charge in [-0.05, 0) is 24.2 Å². The van der Waals surface area contributed by atoms with E-state index in [1.807, 2.05) is 0 Å². The third kappa shape index (κ3) is 3.68. The lowest BCUT2D eigenvalue weighted by Gasteiger charge is -1.88. The van der Waals surface area contributed by atoms with Gasteiger partial charge in [0.1, 0.15) is 6.07 Å². The molecule has 0 saturated heterocycles. The number of hydrogen-bond acceptors (Lipinski definition) is 2. The summed E-state index contributed by atoms with van der Waals surface area (Å²) in [5.74, 6) is -0.683. The second-order valence-electron chi connectivity index (χ2n) is 1.70. The summed E-state index contributed by atoms with van der Waals surface area (Å²) in [5.41, 5.74) is -0.302. The second kappa shape index (κ2) is 4.80. The fourth-order valence-corrected chi connectivity index (χ4v) is 0.608. The first kappa shape index (κ1) is 10.0. The number of hydrogen-bond donors (Lipinski definition) is 0. The highest BCUT2D eigenvalue weighted by atomic mass is 79.9. The summed E-state index contributed by atoms with van der Waals surface area (Å²) in [7, 11) is 0. The summed E-state index contributed by atoms with van der Waals surface area (Å²) in [5, 5.41) is 8.28. The van der Waals surface area contributed by atoms with Gasteiger partial charge in [0, 0.05) is 0 Å². The van der Waals surface area contributed by atoms with E-state index in [4.69, 9.17) is 5.26 Å². The van der Waals surface area contributed by atoms with Crippen LogP contribution in [-0.2, 0) is 0 Å². The van der Waals surface area contributed by atoms with E-state index < -0.39 is 5.83 Å². The minimum absolute atomic E-state index is 0.302. The van der Waals surface area contributed by atoms with Crippen molar-refractivity contribution in [3.8, 4) is 6.07 Å². The van der Waals surface area contributed by atoms with Gasteiger partial charge in [-0.15, -0.1) is 0 Å². The molecule has 0 heterocycles. The average molecular weight is 217 g/mol. The molecule has 0 spiro atoms. The van der Waals surface area contributed by atoms with E-state index >= 15 is 0 Å². The molecule has 0 aromatic heterocycles. The van der Waals surface area contributed by atoms with Crippen molar-refractivity contribution in [3.05, 3.63) is 22.1 Å². The molecule has 0 aliphatic carbocycles. The molecule has 2 nitrogen and oxygen atoms in total. The zero-order chi connectivity index (χ0) is 8.85. The Labute approximate surface area is 72.9 Å². The summed E-state index contributed by atoms with van der Waals surface area (Å²) in [6, 6.07) is 1.57. The van der Waals surface area contributed by atoms with E-state index in [2.05, 4.69) is 27.6 Å². The van der Waals surface area contributed by atoms with E-state index in [1.165, 1.54) is 0 Å². The smallest absolute Gasteiger partial charge is 0.175 e. The molecule has 0 N–H and O–H groups in total. The van der Waals surface area contributed by atoms with Crippen molar-refractivity contribution in [1.82, 2.24) is 0 Å². The highest BCUT2D eigenvalue weighted by molar-refractivity contribution is 9.11. The molecule has 0 radical (unpaired) electrons. The summed E-state index contributed by atoms with van der Waals surface area (Å²) in [6.07, 6.45) is 1.16. The molecule has 0 saturated carbocycles. The van der Waals surface area contributed by atoms with Gasteiger partial charge < -0.3 is 0 Å². The van der Waals surface area contributed by atoms with E-state index in [-0.39, 0.29) is 5.70 Å². The number of allylic oxidation sites excluding steroid dienone is 4. The van der Waals surface area contributed by atoms with Crippen molar-refractivity contribution in [2.24, 2.45) is 4.99 Å². The minimum atomic E-state index is -0.683. The molecule has 0 bridgehead atoms. The molecular weight excluding hydrogens is 211 g/mol. The van der Waals surface area contributed by atoms with E-state index in [1.54, 1.807) is 13.0 Å². The van der Waals surface area contributed by atoms with Crippen LogP contribution in [0.2, 0.25) is 0 Å². The van der Waals surface area contributed by atoms with Gasteiger partial charge in [0.15, 0.2) is 11.5 Å². The Kier molecular flexibility index (Phi) is 4.39. The van der Waals surface area contributed by atoms with Gasteiger partial charge in [-0.25, -0.2) is 4.39 Å². The van der Waals surface area contributed by atoms with Crippen molar-refractivity contribution in [1.29, 1.82) is 5.26 Å². The molecule has 11 heavy (non-hydrogen) atoms. The minimum Gasteiger partial charge on any atom is -0.251 e. The number of rotatable bonds is 2. The quantitative estimate of drug-likeness (QED) is 0.398. The highest BCUT2D eigenvalue weighted by Gasteiger charge is 1.99. The summed E-state index contributed by atoms with van der Waals surface area (Å²) in [6.45, 7) is 4.70. The Bertz CT molecular complexity index is 256. The summed E-state index contributed by atoms with van der Waals surface area (Å²) >= 11 is 3.02. The van der Waals surface area contributed by atoms with Crippen LogP contribution in [0.25, 0.3) is 0 Å². The first-order chi connectivity index (χ1) is 5.11. The van der Waals surface area contributed by atoms with Crippen LogP contribution >= 0.6 is 15.9 Å². The molecule has 4 heteroatoms. The Morgan fingerprint density at radius 3 is 2.64 bits per heavy atom. The van der Waals surface area contributed by atoms with Crippen LogP contribution in [0.15, 0.2) is 27.1 Å². The molecule has 0 fully saturated rings. The molecule has 58 valence electrons. The van der Waals surface area contributed by atoms with Crippen molar-refractivity contribution in [3.63, 3.8) is 0 Å². The Hall–Kier alpha value is -0.950. The van der Waals surface area contributed by atoms with Crippen LogP contribution < -0.4 is 0 Å². The van der Waals surface area contributed by atoms with Crippen LogP contribution in [0, 0.1) is 11.3 Å². The largest absolute Gasteiger partial charge is 0.251 e. The van der Waals surface area contributed by atoms with Gasteiger partial charge in [-0.1, -0.05) is 15.9 Å². The molecule has 0 unspecified atom stereocenters. The molecular formula is C7H6BrFN2. The van der Waals surface area contributed by atoms with E-state index in [0.29, 0.717) is 4.48 Å². The average Bonchev–Trinajstić information content (AvgIpc) is 1.88. The van der Waals surface area contributed by atoms with Crippen molar-refractivity contribution in [2.45, 2.75) is 6.92 Å².